The molecule has 2 heterocycles. The minimum Gasteiger partial charge on any atom is -0.481 e. The summed E-state index contributed by atoms with van der Waals surface area (Å²) in [7, 11) is 1.51. The number of carbonyl (C=O) groups is 2. The van der Waals surface area contributed by atoms with Crippen molar-refractivity contribution in [2.45, 2.75) is 6.54 Å². The number of aromatic carboxylic acids is 1. The number of ether oxygens (including phenoxy) is 1. The molecule has 0 fully saturated rings. The second kappa shape index (κ2) is 6.47. The molecule has 0 aliphatic heterocycles. The van der Waals surface area contributed by atoms with Gasteiger partial charge in [-0.05, 0) is 23.8 Å². The molecule has 108 valence electrons. The van der Waals surface area contributed by atoms with E-state index in [1.807, 2.05) is 0 Å². The van der Waals surface area contributed by atoms with E-state index in [9.17, 15) is 9.59 Å². The van der Waals surface area contributed by atoms with Crippen LogP contribution in [0, 0.1) is 0 Å². The van der Waals surface area contributed by atoms with Gasteiger partial charge in [0.15, 0.2) is 0 Å². The van der Waals surface area contributed by atoms with E-state index in [0.717, 1.165) is 5.56 Å². The topological polar surface area (TPSA) is 101 Å². The fourth-order valence-corrected chi connectivity index (χ4v) is 1.63. The van der Waals surface area contributed by atoms with Crippen molar-refractivity contribution < 1.29 is 19.4 Å². The number of carbonyl (C=O) groups excluding carboxylic acids is 1. The Balaban J connectivity index is 2.04. The molecule has 0 aromatic carbocycles. The normalized spacial score (nSPS) is 9.95. The summed E-state index contributed by atoms with van der Waals surface area (Å²) >= 11 is 0. The van der Waals surface area contributed by atoms with Crippen LogP contribution >= 0.6 is 0 Å². The first kappa shape index (κ1) is 14.4. The van der Waals surface area contributed by atoms with E-state index in [0.29, 0.717) is 5.88 Å². The lowest BCUT2D eigenvalue weighted by molar-refractivity contribution is 0.0690. The molecule has 2 aromatic heterocycles. The highest BCUT2D eigenvalue weighted by molar-refractivity contribution is 5.94. The molecule has 7 heteroatoms. The molecule has 2 N–H and O–H groups in total. The average Bonchev–Trinajstić information content (AvgIpc) is 2.53. The molecule has 0 unspecified atom stereocenters. The molecule has 0 bridgehead atoms. The number of hydrogen-bond donors (Lipinski definition) is 2. The molecule has 0 saturated carbocycles. The van der Waals surface area contributed by atoms with Gasteiger partial charge in [-0.2, -0.15) is 0 Å². The number of amides is 1. The lowest BCUT2D eigenvalue weighted by Crippen LogP contribution is -2.24. The van der Waals surface area contributed by atoms with E-state index < -0.39 is 11.9 Å². The number of aromatic nitrogens is 2. The minimum atomic E-state index is -1.18. The van der Waals surface area contributed by atoms with E-state index >= 15 is 0 Å². The number of rotatable bonds is 5. The maximum Gasteiger partial charge on any atom is 0.354 e. The van der Waals surface area contributed by atoms with E-state index in [2.05, 4.69) is 15.3 Å². The molecule has 0 aliphatic carbocycles. The molecule has 0 atom stereocenters. The number of methoxy groups -OCH3 is 1. The molecule has 0 spiro atoms. The highest BCUT2D eigenvalue weighted by Crippen LogP contribution is 2.08. The summed E-state index contributed by atoms with van der Waals surface area (Å²) in [6, 6.07) is 7.69. The largest absolute Gasteiger partial charge is 0.481 e. The van der Waals surface area contributed by atoms with E-state index in [-0.39, 0.29) is 17.9 Å². The highest BCUT2D eigenvalue weighted by atomic mass is 16.5. The van der Waals surface area contributed by atoms with Crippen LogP contribution < -0.4 is 10.1 Å². The quantitative estimate of drug-likeness (QED) is 0.854. The summed E-state index contributed by atoms with van der Waals surface area (Å²) in [4.78, 5) is 30.5. The highest BCUT2D eigenvalue weighted by Gasteiger charge is 2.11. The first-order chi connectivity index (χ1) is 10.1. The Morgan fingerprint density at radius 1 is 1.29 bits per heavy atom. The summed E-state index contributed by atoms with van der Waals surface area (Å²) in [5, 5.41) is 11.5. The van der Waals surface area contributed by atoms with Crippen molar-refractivity contribution in [1.82, 2.24) is 15.3 Å². The number of carboxylic acids is 1. The van der Waals surface area contributed by atoms with Gasteiger partial charge in [0.25, 0.3) is 5.91 Å². The summed E-state index contributed by atoms with van der Waals surface area (Å²) in [6.07, 6.45) is 1.57. The summed E-state index contributed by atoms with van der Waals surface area (Å²) < 4.78 is 4.99. The minimum absolute atomic E-state index is 0.0518. The smallest absolute Gasteiger partial charge is 0.354 e. The van der Waals surface area contributed by atoms with Crippen LogP contribution in [-0.2, 0) is 6.54 Å². The number of pyridine rings is 2. The third kappa shape index (κ3) is 3.75. The maximum atomic E-state index is 11.9. The van der Waals surface area contributed by atoms with Crippen molar-refractivity contribution in [3.63, 3.8) is 0 Å². The van der Waals surface area contributed by atoms with Crippen molar-refractivity contribution in [1.29, 1.82) is 0 Å². The predicted molar refractivity (Wildman–Crippen MR) is 73.2 cm³/mol. The van der Waals surface area contributed by atoms with Crippen molar-refractivity contribution in [3.05, 3.63) is 53.5 Å². The van der Waals surface area contributed by atoms with Crippen molar-refractivity contribution >= 4 is 11.9 Å². The standard InChI is InChI=1S/C14H13N3O4/c1-21-12-7-9(5-6-15-12)8-16-13(18)10-3-2-4-11(17-10)14(19)20/h2-7H,8H2,1H3,(H,16,18)(H,19,20). The molecule has 1 amide bonds. The van der Waals surface area contributed by atoms with Gasteiger partial charge in [-0.25, -0.2) is 14.8 Å². The van der Waals surface area contributed by atoms with Gasteiger partial charge in [-0.15, -0.1) is 0 Å². The fourth-order valence-electron chi connectivity index (χ4n) is 1.63. The van der Waals surface area contributed by atoms with Gasteiger partial charge in [0, 0.05) is 18.8 Å². The lowest BCUT2D eigenvalue weighted by atomic mass is 10.2. The average molecular weight is 287 g/mol. The van der Waals surface area contributed by atoms with Crippen molar-refractivity contribution in [2.75, 3.05) is 7.11 Å². The first-order valence-corrected chi connectivity index (χ1v) is 6.07. The first-order valence-electron chi connectivity index (χ1n) is 6.07. The molecule has 0 radical (unpaired) electrons. The van der Waals surface area contributed by atoms with Crippen LogP contribution in [0.5, 0.6) is 5.88 Å². The van der Waals surface area contributed by atoms with E-state index in [1.54, 1.807) is 18.3 Å². The zero-order valence-electron chi connectivity index (χ0n) is 11.2. The van der Waals surface area contributed by atoms with Gasteiger partial charge in [0.05, 0.1) is 7.11 Å². The van der Waals surface area contributed by atoms with Gasteiger partial charge in [-0.1, -0.05) is 6.07 Å². The Morgan fingerprint density at radius 3 is 2.76 bits per heavy atom. The Morgan fingerprint density at radius 2 is 2.05 bits per heavy atom. The SMILES string of the molecule is COc1cc(CNC(=O)c2cccc(C(=O)O)n2)ccn1. The van der Waals surface area contributed by atoms with Gasteiger partial charge in [-0.3, -0.25) is 4.79 Å². The number of nitrogens with one attached hydrogen (secondary N) is 1. The third-order valence-corrected chi connectivity index (χ3v) is 2.66. The zero-order valence-corrected chi connectivity index (χ0v) is 11.2. The molecule has 0 aliphatic rings. The number of hydrogen-bond acceptors (Lipinski definition) is 5. The predicted octanol–water partition coefficient (Wildman–Crippen LogP) is 1.11. The summed E-state index contributed by atoms with van der Waals surface area (Å²) in [6.45, 7) is 0.261. The van der Waals surface area contributed by atoms with Crippen molar-refractivity contribution in [2.24, 2.45) is 0 Å². The van der Waals surface area contributed by atoms with Gasteiger partial charge in [0.2, 0.25) is 5.88 Å². The molecule has 0 saturated heterocycles. The van der Waals surface area contributed by atoms with Gasteiger partial charge < -0.3 is 15.2 Å². The second-order valence-corrected chi connectivity index (χ2v) is 4.10. The van der Waals surface area contributed by atoms with E-state index in [1.165, 1.54) is 25.3 Å². The van der Waals surface area contributed by atoms with Crippen LogP contribution in [0.15, 0.2) is 36.5 Å². The zero-order chi connectivity index (χ0) is 15.2. The number of carboxylic acid groups (broad SMARTS) is 1. The summed E-state index contributed by atoms with van der Waals surface area (Å²) in [5.41, 5.74) is 0.689. The monoisotopic (exact) mass is 287 g/mol. The molecule has 2 aromatic rings. The Labute approximate surface area is 120 Å². The molecular formula is C14H13N3O4. The Hall–Kier alpha value is -2.96. The molecule has 2 rings (SSSR count). The second-order valence-electron chi connectivity index (χ2n) is 4.10. The Bertz CT molecular complexity index is 673. The Kier molecular flexibility index (Phi) is 4.45. The van der Waals surface area contributed by atoms with Crippen LogP contribution in [0.25, 0.3) is 0 Å². The summed E-state index contributed by atoms with van der Waals surface area (Å²) in [5.74, 6) is -1.18. The van der Waals surface area contributed by atoms with Crippen molar-refractivity contribution in [3.8, 4) is 5.88 Å². The van der Waals surface area contributed by atoms with Crippen LogP contribution in [0.4, 0.5) is 0 Å². The van der Waals surface area contributed by atoms with Crippen LogP contribution in [0.2, 0.25) is 0 Å². The number of nitrogens with zero attached hydrogens (tertiary/aromatic N) is 2. The molecular weight excluding hydrogens is 274 g/mol. The fraction of sp³-hybridized carbons (Fsp3) is 0.143. The van der Waals surface area contributed by atoms with Gasteiger partial charge >= 0.3 is 5.97 Å². The van der Waals surface area contributed by atoms with Crippen LogP contribution in [0.3, 0.4) is 0 Å². The molecule has 21 heavy (non-hydrogen) atoms. The van der Waals surface area contributed by atoms with Gasteiger partial charge in [0.1, 0.15) is 11.4 Å². The van der Waals surface area contributed by atoms with E-state index in [4.69, 9.17) is 9.84 Å². The lowest BCUT2D eigenvalue weighted by Gasteiger charge is -2.06. The molecule has 7 nitrogen and oxygen atoms in total. The maximum absolute atomic E-state index is 11.9. The van der Waals surface area contributed by atoms with Crippen LogP contribution in [0.1, 0.15) is 26.5 Å². The van der Waals surface area contributed by atoms with Crippen LogP contribution in [-0.4, -0.2) is 34.1 Å². The third-order valence-electron chi connectivity index (χ3n) is 2.66.